The molecule has 1 aromatic rings. The Balaban J connectivity index is 2.92. The molecule has 0 saturated heterocycles. The Bertz CT molecular complexity index is 255. The van der Waals surface area contributed by atoms with E-state index >= 15 is 0 Å². The van der Waals surface area contributed by atoms with E-state index in [1.165, 1.54) is 11.7 Å². The first-order valence-electron chi connectivity index (χ1n) is 3.40. The maximum Gasteiger partial charge on any atom is 0.419 e. The molecule has 0 N–H and O–H groups in total. The number of methoxy groups -OCH3 is 1. The van der Waals surface area contributed by atoms with Crippen LogP contribution in [0.4, 0.5) is 4.79 Å². The third kappa shape index (κ3) is 1.39. The lowest BCUT2D eigenvalue weighted by Gasteiger charge is -2.01. The number of rotatable bonds is 1. The molecular weight excluding hydrogens is 144 g/mol. The van der Waals surface area contributed by atoms with Crippen LogP contribution in [0.2, 0.25) is 0 Å². The second-order valence-corrected chi connectivity index (χ2v) is 2.04. The number of hydrogen-bond acceptors (Lipinski definition) is 3. The van der Waals surface area contributed by atoms with Crippen LogP contribution in [0.25, 0.3) is 0 Å². The van der Waals surface area contributed by atoms with Crippen LogP contribution in [-0.4, -0.2) is 22.8 Å². The van der Waals surface area contributed by atoms with Gasteiger partial charge < -0.3 is 4.74 Å². The van der Waals surface area contributed by atoms with Crippen molar-refractivity contribution in [1.82, 2.24) is 9.55 Å². The van der Waals surface area contributed by atoms with Crippen LogP contribution in [0.1, 0.15) is 12.7 Å². The molecule has 0 aliphatic carbocycles. The summed E-state index contributed by atoms with van der Waals surface area (Å²) in [7, 11) is 1.35. The normalized spacial score (nSPS) is 9.64. The van der Waals surface area contributed by atoms with Gasteiger partial charge in [0.1, 0.15) is 5.82 Å². The molecule has 0 aliphatic heterocycles. The number of imidazole rings is 1. The molecule has 0 aromatic carbocycles. The summed E-state index contributed by atoms with van der Waals surface area (Å²) in [4.78, 5) is 14.9. The number of carbonyl (C=O) groups excluding carboxylic acids is 1. The highest BCUT2D eigenvalue weighted by molar-refractivity contribution is 5.70. The summed E-state index contributed by atoms with van der Waals surface area (Å²) in [6.45, 7) is 1.93. The van der Waals surface area contributed by atoms with Gasteiger partial charge in [-0.1, -0.05) is 6.92 Å². The van der Waals surface area contributed by atoms with E-state index in [-0.39, 0.29) is 6.09 Å². The number of nitrogens with zero attached hydrogens (tertiary/aromatic N) is 2. The Hall–Kier alpha value is -1.32. The van der Waals surface area contributed by atoms with Gasteiger partial charge in [0, 0.05) is 18.8 Å². The summed E-state index contributed by atoms with van der Waals surface area (Å²) in [6, 6.07) is 0. The lowest BCUT2D eigenvalue weighted by Crippen LogP contribution is -2.13. The van der Waals surface area contributed by atoms with Crippen molar-refractivity contribution in [3.8, 4) is 0 Å². The van der Waals surface area contributed by atoms with E-state index in [2.05, 4.69) is 9.72 Å². The van der Waals surface area contributed by atoms with Crippen LogP contribution in [0.5, 0.6) is 0 Å². The molecule has 0 spiro atoms. The summed E-state index contributed by atoms with van der Waals surface area (Å²) in [5.74, 6) is 0.719. The van der Waals surface area contributed by atoms with Gasteiger partial charge in [-0.05, 0) is 0 Å². The third-order valence-corrected chi connectivity index (χ3v) is 1.40. The van der Waals surface area contributed by atoms with Crippen molar-refractivity contribution < 1.29 is 9.53 Å². The van der Waals surface area contributed by atoms with Crippen molar-refractivity contribution in [1.29, 1.82) is 0 Å². The average molecular weight is 154 g/mol. The van der Waals surface area contributed by atoms with Crippen LogP contribution in [0.15, 0.2) is 12.4 Å². The maximum absolute atomic E-state index is 11.0. The molecule has 0 atom stereocenters. The van der Waals surface area contributed by atoms with Crippen LogP contribution >= 0.6 is 0 Å². The maximum atomic E-state index is 11.0. The first kappa shape index (κ1) is 7.78. The number of ether oxygens (including phenoxy) is 1. The number of aryl methyl sites for hydroxylation is 1. The second-order valence-electron chi connectivity index (χ2n) is 2.04. The molecule has 1 rings (SSSR count). The number of hydrogen-bond donors (Lipinski definition) is 0. The molecule has 60 valence electrons. The van der Waals surface area contributed by atoms with Gasteiger partial charge in [-0.25, -0.2) is 14.3 Å². The zero-order valence-electron chi connectivity index (χ0n) is 6.57. The van der Waals surface area contributed by atoms with Gasteiger partial charge in [0.05, 0.1) is 7.11 Å². The minimum absolute atomic E-state index is 0.389. The van der Waals surface area contributed by atoms with E-state index in [1.807, 2.05) is 6.92 Å². The van der Waals surface area contributed by atoms with Gasteiger partial charge >= 0.3 is 6.09 Å². The second kappa shape index (κ2) is 3.18. The third-order valence-electron chi connectivity index (χ3n) is 1.40. The molecule has 0 fully saturated rings. The van der Waals surface area contributed by atoms with E-state index < -0.39 is 0 Å². The highest BCUT2D eigenvalue weighted by Gasteiger charge is 2.07. The minimum atomic E-state index is -0.389. The van der Waals surface area contributed by atoms with Gasteiger partial charge in [-0.3, -0.25) is 0 Å². The molecule has 4 nitrogen and oxygen atoms in total. The Labute approximate surface area is 64.8 Å². The molecule has 0 aliphatic rings. The largest absolute Gasteiger partial charge is 0.452 e. The van der Waals surface area contributed by atoms with Gasteiger partial charge in [0.2, 0.25) is 0 Å². The Morgan fingerprint density at radius 2 is 2.55 bits per heavy atom. The molecule has 0 unspecified atom stereocenters. The Morgan fingerprint density at radius 3 is 3.09 bits per heavy atom. The van der Waals surface area contributed by atoms with Gasteiger partial charge in [-0.2, -0.15) is 0 Å². The fourth-order valence-electron chi connectivity index (χ4n) is 0.860. The highest BCUT2D eigenvalue weighted by atomic mass is 16.5. The van der Waals surface area contributed by atoms with Crippen molar-refractivity contribution in [3.05, 3.63) is 18.2 Å². The summed E-state index contributed by atoms with van der Waals surface area (Å²) in [6.07, 6.45) is 3.50. The zero-order valence-corrected chi connectivity index (χ0v) is 6.57. The molecular formula is C7H10N2O2. The molecule has 0 radical (unpaired) electrons. The minimum Gasteiger partial charge on any atom is -0.452 e. The van der Waals surface area contributed by atoms with E-state index in [0.29, 0.717) is 0 Å². The Morgan fingerprint density at radius 1 is 1.82 bits per heavy atom. The van der Waals surface area contributed by atoms with Gasteiger partial charge in [0.25, 0.3) is 0 Å². The smallest absolute Gasteiger partial charge is 0.419 e. The highest BCUT2D eigenvalue weighted by Crippen LogP contribution is 1.98. The Kier molecular flexibility index (Phi) is 2.25. The van der Waals surface area contributed by atoms with Crippen molar-refractivity contribution >= 4 is 6.09 Å². The van der Waals surface area contributed by atoms with Gasteiger partial charge in [-0.15, -0.1) is 0 Å². The summed E-state index contributed by atoms with van der Waals surface area (Å²) >= 11 is 0. The monoisotopic (exact) mass is 154 g/mol. The van der Waals surface area contributed by atoms with Crippen LogP contribution < -0.4 is 0 Å². The van der Waals surface area contributed by atoms with Crippen molar-refractivity contribution in [3.63, 3.8) is 0 Å². The van der Waals surface area contributed by atoms with E-state index in [9.17, 15) is 4.79 Å². The zero-order chi connectivity index (χ0) is 8.27. The molecule has 0 saturated carbocycles. The molecule has 1 heterocycles. The first-order valence-corrected chi connectivity index (χ1v) is 3.40. The van der Waals surface area contributed by atoms with Crippen molar-refractivity contribution in [2.45, 2.75) is 13.3 Å². The van der Waals surface area contributed by atoms with Crippen molar-refractivity contribution in [2.24, 2.45) is 0 Å². The predicted octanol–water partition coefficient (Wildman–Crippen LogP) is 1.06. The standard InChI is InChI=1S/C7H10N2O2/c1-3-6-8-4-5-9(6)7(10)11-2/h4-5H,3H2,1-2H3. The first-order chi connectivity index (χ1) is 5.29. The molecule has 1 aromatic heterocycles. The predicted molar refractivity (Wildman–Crippen MR) is 39.4 cm³/mol. The van der Waals surface area contributed by atoms with Gasteiger partial charge in [0.15, 0.2) is 0 Å². The van der Waals surface area contributed by atoms with Crippen molar-refractivity contribution in [2.75, 3.05) is 7.11 Å². The van der Waals surface area contributed by atoms with Crippen LogP contribution in [0.3, 0.4) is 0 Å². The van der Waals surface area contributed by atoms with Crippen LogP contribution in [-0.2, 0) is 11.2 Å². The van der Waals surface area contributed by atoms with E-state index in [4.69, 9.17) is 0 Å². The molecule has 4 heteroatoms. The molecule has 0 bridgehead atoms. The fourth-order valence-corrected chi connectivity index (χ4v) is 0.860. The summed E-state index contributed by atoms with van der Waals surface area (Å²) < 4.78 is 5.91. The number of carbonyl (C=O) groups is 1. The van der Waals surface area contributed by atoms with E-state index in [1.54, 1.807) is 12.4 Å². The fraction of sp³-hybridized carbons (Fsp3) is 0.429. The lowest BCUT2D eigenvalue weighted by atomic mass is 10.5. The average Bonchev–Trinajstić information content (AvgIpc) is 2.50. The summed E-state index contributed by atoms with van der Waals surface area (Å²) in [5.41, 5.74) is 0. The number of aromatic nitrogens is 2. The quantitative estimate of drug-likeness (QED) is 0.607. The lowest BCUT2D eigenvalue weighted by molar-refractivity contribution is 0.172. The topological polar surface area (TPSA) is 44.1 Å². The molecule has 11 heavy (non-hydrogen) atoms. The van der Waals surface area contributed by atoms with Crippen LogP contribution in [0, 0.1) is 0 Å². The SMILES string of the molecule is CCc1nccn1C(=O)OC. The molecule has 0 amide bonds. The van der Waals surface area contributed by atoms with E-state index in [0.717, 1.165) is 12.2 Å². The summed E-state index contributed by atoms with van der Waals surface area (Å²) in [5, 5.41) is 0.